The molecule has 4 heteroatoms. The molecule has 4 rings (SSSR count). The molecule has 148 valence electrons. The van der Waals surface area contributed by atoms with Crippen LogP contribution in [-0.4, -0.2) is 16.5 Å². The first kappa shape index (κ1) is 19.7. The minimum Gasteiger partial charge on any atom is -0.342 e. The molecule has 29 heavy (non-hydrogen) atoms. The van der Waals surface area contributed by atoms with Gasteiger partial charge in [0.15, 0.2) is 0 Å². The van der Waals surface area contributed by atoms with Gasteiger partial charge < -0.3 is 10.3 Å². The number of rotatable bonds is 7. The largest absolute Gasteiger partial charge is 0.342 e. The van der Waals surface area contributed by atoms with Crippen molar-refractivity contribution in [1.29, 1.82) is 0 Å². The molecule has 0 atom stereocenters. The van der Waals surface area contributed by atoms with Gasteiger partial charge in [0.1, 0.15) is 5.82 Å². The standard InChI is InChI=1S/C25H26ClN3/c1-3-19-8-4-5-9-20(19)21-12-11-18(15-22(21)26)16-27-14-13-24-28-23-10-6-7-17(2)25(23)29-24/h4-12,15,27H,3,13-14,16H2,1-2H3,(H,28,29). The molecule has 0 fully saturated rings. The number of benzene rings is 3. The highest BCUT2D eigenvalue weighted by Crippen LogP contribution is 2.31. The van der Waals surface area contributed by atoms with Crippen molar-refractivity contribution in [3.63, 3.8) is 0 Å². The van der Waals surface area contributed by atoms with E-state index in [9.17, 15) is 0 Å². The van der Waals surface area contributed by atoms with Gasteiger partial charge in [-0.15, -0.1) is 0 Å². The molecule has 3 nitrogen and oxygen atoms in total. The summed E-state index contributed by atoms with van der Waals surface area (Å²) in [4.78, 5) is 8.12. The Bertz CT molecular complexity index is 1130. The first-order valence-electron chi connectivity index (χ1n) is 10.2. The highest BCUT2D eigenvalue weighted by atomic mass is 35.5. The molecule has 3 aromatic carbocycles. The fourth-order valence-corrected chi connectivity index (χ4v) is 4.07. The van der Waals surface area contributed by atoms with Gasteiger partial charge in [-0.05, 0) is 47.7 Å². The Morgan fingerprint density at radius 1 is 1.00 bits per heavy atom. The summed E-state index contributed by atoms with van der Waals surface area (Å²) >= 11 is 6.62. The highest BCUT2D eigenvalue weighted by Gasteiger charge is 2.09. The summed E-state index contributed by atoms with van der Waals surface area (Å²) in [7, 11) is 0. The summed E-state index contributed by atoms with van der Waals surface area (Å²) < 4.78 is 0. The highest BCUT2D eigenvalue weighted by molar-refractivity contribution is 6.33. The van der Waals surface area contributed by atoms with E-state index in [-0.39, 0.29) is 0 Å². The Balaban J connectivity index is 1.37. The first-order chi connectivity index (χ1) is 14.2. The van der Waals surface area contributed by atoms with E-state index >= 15 is 0 Å². The average Bonchev–Trinajstić information content (AvgIpc) is 3.16. The van der Waals surface area contributed by atoms with Crippen LogP contribution in [0.3, 0.4) is 0 Å². The molecular formula is C25H26ClN3. The van der Waals surface area contributed by atoms with E-state index < -0.39 is 0 Å². The normalized spacial score (nSPS) is 11.3. The number of fused-ring (bicyclic) bond motifs is 1. The fourth-order valence-electron chi connectivity index (χ4n) is 3.76. The summed E-state index contributed by atoms with van der Waals surface area (Å²) in [5, 5.41) is 4.30. The molecule has 1 heterocycles. The zero-order valence-electron chi connectivity index (χ0n) is 16.9. The quantitative estimate of drug-likeness (QED) is 0.367. The number of nitrogens with one attached hydrogen (secondary N) is 2. The molecular weight excluding hydrogens is 378 g/mol. The van der Waals surface area contributed by atoms with Crippen LogP contribution in [0.15, 0.2) is 60.7 Å². The van der Waals surface area contributed by atoms with Crippen molar-refractivity contribution in [2.75, 3.05) is 6.54 Å². The molecule has 0 amide bonds. The van der Waals surface area contributed by atoms with Crippen molar-refractivity contribution in [3.05, 3.63) is 88.2 Å². The predicted molar refractivity (Wildman–Crippen MR) is 123 cm³/mol. The van der Waals surface area contributed by atoms with Gasteiger partial charge in [0, 0.05) is 30.1 Å². The second kappa shape index (κ2) is 8.81. The first-order valence-corrected chi connectivity index (χ1v) is 10.5. The van der Waals surface area contributed by atoms with Gasteiger partial charge in [-0.3, -0.25) is 0 Å². The lowest BCUT2D eigenvalue weighted by Gasteiger charge is -2.11. The maximum absolute atomic E-state index is 6.62. The Labute approximate surface area is 177 Å². The van der Waals surface area contributed by atoms with Crippen molar-refractivity contribution in [1.82, 2.24) is 15.3 Å². The minimum atomic E-state index is 0.786. The van der Waals surface area contributed by atoms with Crippen LogP contribution >= 0.6 is 11.6 Å². The van der Waals surface area contributed by atoms with Crippen LogP contribution in [0.2, 0.25) is 5.02 Å². The second-order valence-corrected chi connectivity index (χ2v) is 7.81. The summed E-state index contributed by atoms with van der Waals surface area (Å²) in [5.41, 5.74) is 8.21. The topological polar surface area (TPSA) is 40.7 Å². The Hall–Kier alpha value is -2.62. The van der Waals surface area contributed by atoms with E-state index in [0.717, 1.165) is 53.4 Å². The van der Waals surface area contributed by atoms with Crippen LogP contribution < -0.4 is 5.32 Å². The lowest BCUT2D eigenvalue weighted by molar-refractivity contribution is 0.675. The molecule has 0 radical (unpaired) electrons. The zero-order chi connectivity index (χ0) is 20.2. The molecule has 0 saturated heterocycles. The summed E-state index contributed by atoms with van der Waals surface area (Å²) in [6.45, 7) is 5.91. The van der Waals surface area contributed by atoms with Crippen LogP contribution in [0, 0.1) is 6.92 Å². The minimum absolute atomic E-state index is 0.786. The number of aryl methyl sites for hydroxylation is 2. The number of aromatic nitrogens is 2. The van der Waals surface area contributed by atoms with Crippen LogP contribution in [0.25, 0.3) is 22.2 Å². The number of hydrogen-bond acceptors (Lipinski definition) is 2. The third-order valence-corrected chi connectivity index (χ3v) is 5.67. The van der Waals surface area contributed by atoms with E-state index in [0.29, 0.717) is 0 Å². The maximum atomic E-state index is 6.62. The number of hydrogen-bond donors (Lipinski definition) is 2. The van der Waals surface area contributed by atoms with Crippen molar-refractivity contribution in [2.24, 2.45) is 0 Å². The maximum Gasteiger partial charge on any atom is 0.108 e. The number of halogens is 1. The van der Waals surface area contributed by atoms with Crippen molar-refractivity contribution in [2.45, 2.75) is 33.2 Å². The SMILES string of the molecule is CCc1ccccc1-c1ccc(CNCCc2nc3c(C)cccc3[nH]2)cc1Cl. The lowest BCUT2D eigenvalue weighted by Crippen LogP contribution is -2.17. The van der Waals surface area contributed by atoms with E-state index in [1.807, 2.05) is 0 Å². The molecule has 0 saturated carbocycles. The Morgan fingerprint density at radius 3 is 2.66 bits per heavy atom. The molecule has 1 aromatic heterocycles. The van der Waals surface area contributed by atoms with E-state index in [1.165, 1.54) is 22.3 Å². The van der Waals surface area contributed by atoms with Gasteiger partial charge in [0.05, 0.1) is 11.0 Å². The van der Waals surface area contributed by atoms with Gasteiger partial charge in [0.25, 0.3) is 0 Å². The van der Waals surface area contributed by atoms with Gasteiger partial charge >= 0.3 is 0 Å². The van der Waals surface area contributed by atoms with E-state index in [4.69, 9.17) is 16.6 Å². The van der Waals surface area contributed by atoms with Gasteiger partial charge in [-0.25, -0.2) is 4.98 Å². The molecule has 0 bridgehead atoms. The van der Waals surface area contributed by atoms with E-state index in [1.54, 1.807) is 0 Å². The molecule has 0 aliphatic carbocycles. The number of imidazole rings is 1. The van der Waals surface area contributed by atoms with E-state index in [2.05, 4.69) is 84.8 Å². The summed E-state index contributed by atoms with van der Waals surface area (Å²) in [6.07, 6.45) is 1.86. The summed E-state index contributed by atoms with van der Waals surface area (Å²) in [6, 6.07) is 21.1. The number of H-pyrrole nitrogens is 1. The number of para-hydroxylation sites is 1. The van der Waals surface area contributed by atoms with Crippen LogP contribution in [0.5, 0.6) is 0 Å². The third kappa shape index (κ3) is 4.36. The predicted octanol–water partition coefficient (Wildman–Crippen LogP) is 6.09. The average molecular weight is 404 g/mol. The molecule has 0 spiro atoms. The second-order valence-electron chi connectivity index (χ2n) is 7.41. The monoisotopic (exact) mass is 403 g/mol. The molecule has 0 aliphatic rings. The van der Waals surface area contributed by atoms with Crippen LogP contribution in [0.1, 0.15) is 29.4 Å². The number of aromatic amines is 1. The number of nitrogens with zero attached hydrogens (tertiary/aromatic N) is 1. The van der Waals surface area contributed by atoms with Gasteiger partial charge in [-0.1, -0.05) is 67.1 Å². The third-order valence-electron chi connectivity index (χ3n) is 5.35. The van der Waals surface area contributed by atoms with Gasteiger partial charge in [0.2, 0.25) is 0 Å². The van der Waals surface area contributed by atoms with Gasteiger partial charge in [-0.2, -0.15) is 0 Å². The smallest absolute Gasteiger partial charge is 0.108 e. The fraction of sp³-hybridized carbons (Fsp3) is 0.240. The molecule has 4 aromatic rings. The molecule has 0 aliphatic heterocycles. The van der Waals surface area contributed by atoms with Crippen molar-refractivity contribution in [3.8, 4) is 11.1 Å². The Kier molecular flexibility index (Phi) is 5.98. The lowest BCUT2D eigenvalue weighted by atomic mass is 9.97. The Morgan fingerprint density at radius 2 is 1.86 bits per heavy atom. The van der Waals surface area contributed by atoms with Crippen molar-refractivity contribution < 1.29 is 0 Å². The zero-order valence-corrected chi connectivity index (χ0v) is 17.7. The van der Waals surface area contributed by atoms with Crippen molar-refractivity contribution >= 4 is 22.6 Å². The van der Waals surface area contributed by atoms with Crippen LogP contribution in [0.4, 0.5) is 0 Å². The summed E-state index contributed by atoms with van der Waals surface area (Å²) in [5.74, 6) is 1.02. The molecule has 0 unspecified atom stereocenters. The van der Waals surface area contributed by atoms with Crippen LogP contribution in [-0.2, 0) is 19.4 Å². The molecule has 2 N–H and O–H groups in total.